The molecule has 2 fully saturated rings. The van der Waals surface area contributed by atoms with Gasteiger partial charge in [0, 0.05) is 23.1 Å². The fraction of sp³-hybridized carbons (Fsp3) is 0.533. The summed E-state index contributed by atoms with van der Waals surface area (Å²) in [5.41, 5.74) is 0.552. The number of amides is 1. The van der Waals surface area contributed by atoms with Crippen molar-refractivity contribution in [3.8, 4) is 0 Å². The average molecular weight is 341 g/mol. The van der Waals surface area contributed by atoms with Crippen LogP contribution in [0.5, 0.6) is 0 Å². The van der Waals surface area contributed by atoms with Gasteiger partial charge >= 0.3 is 0 Å². The third kappa shape index (κ3) is 3.04. The van der Waals surface area contributed by atoms with Crippen molar-refractivity contribution in [2.45, 2.75) is 37.8 Å². The lowest BCUT2D eigenvalue weighted by molar-refractivity contribution is 0.0727. The van der Waals surface area contributed by atoms with E-state index in [9.17, 15) is 9.18 Å². The molecule has 1 unspecified atom stereocenters. The Balaban J connectivity index is 1.77. The van der Waals surface area contributed by atoms with Crippen molar-refractivity contribution in [1.29, 1.82) is 0 Å². The molecule has 0 bridgehead atoms. The first kappa shape index (κ1) is 14.0. The highest BCUT2D eigenvalue weighted by Crippen LogP contribution is 2.30. The minimum atomic E-state index is -0.330. The summed E-state index contributed by atoms with van der Waals surface area (Å²) in [5, 5.41) is 3.43. The maximum atomic E-state index is 13.1. The van der Waals surface area contributed by atoms with E-state index in [1.54, 1.807) is 6.07 Å². The topological polar surface area (TPSA) is 32.3 Å². The Morgan fingerprint density at radius 3 is 2.80 bits per heavy atom. The van der Waals surface area contributed by atoms with Gasteiger partial charge in [-0.2, -0.15) is 0 Å². The number of nitrogens with one attached hydrogen (secondary N) is 1. The van der Waals surface area contributed by atoms with E-state index in [0.717, 1.165) is 32.4 Å². The molecule has 1 saturated carbocycles. The summed E-state index contributed by atoms with van der Waals surface area (Å²) in [4.78, 5) is 14.7. The third-order valence-corrected chi connectivity index (χ3v) is 4.65. The second kappa shape index (κ2) is 5.82. The van der Waals surface area contributed by atoms with Gasteiger partial charge in [0.2, 0.25) is 0 Å². The molecule has 3 nitrogen and oxygen atoms in total. The maximum Gasteiger partial charge on any atom is 0.255 e. The van der Waals surface area contributed by atoms with Crippen LogP contribution in [-0.2, 0) is 0 Å². The molecule has 0 spiro atoms. The van der Waals surface area contributed by atoms with Crippen molar-refractivity contribution in [2.75, 3.05) is 13.1 Å². The molecule has 1 amide bonds. The zero-order valence-corrected chi connectivity index (χ0v) is 12.8. The first-order chi connectivity index (χ1) is 9.65. The lowest BCUT2D eigenvalue weighted by atomic mass is 10.1. The molecule has 1 aromatic carbocycles. The van der Waals surface area contributed by atoms with E-state index in [-0.39, 0.29) is 11.7 Å². The smallest absolute Gasteiger partial charge is 0.255 e. The van der Waals surface area contributed by atoms with E-state index in [4.69, 9.17) is 0 Å². The van der Waals surface area contributed by atoms with Crippen LogP contribution in [0.2, 0.25) is 0 Å². The highest BCUT2D eigenvalue weighted by Gasteiger charge is 2.35. The fourth-order valence-corrected chi connectivity index (χ4v) is 3.27. The van der Waals surface area contributed by atoms with Crippen LogP contribution in [0.3, 0.4) is 0 Å². The zero-order valence-electron chi connectivity index (χ0n) is 11.2. The zero-order chi connectivity index (χ0) is 14.1. The van der Waals surface area contributed by atoms with Crippen molar-refractivity contribution in [1.82, 2.24) is 10.2 Å². The van der Waals surface area contributed by atoms with Crippen LogP contribution in [0.15, 0.2) is 22.7 Å². The van der Waals surface area contributed by atoms with Crippen LogP contribution in [0.4, 0.5) is 4.39 Å². The predicted molar refractivity (Wildman–Crippen MR) is 79.2 cm³/mol. The number of carbonyl (C=O) groups excluding carboxylic acids is 1. The van der Waals surface area contributed by atoms with Gasteiger partial charge in [0.15, 0.2) is 0 Å². The van der Waals surface area contributed by atoms with Gasteiger partial charge in [-0.3, -0.25) is 4.79 Å². The van der Waals surface area contributed by atoms with Gasteiger partial charge in [0.05, 0.1) is 5.56 Å². The van der Waals surface area contributed by atoms with Crippen LogP contribution >= 0.6 is 15.9 Å². The summed E-state index contributed by atoms with van der Waals surface area (Å²) in [6.45, 7) is 1.80. The number of rotatable bonds is 4. The molecule has 1 saturated heterocycles. The van der Waals surface area contributed by atoms with Gasteiger partial charge < -0.3 is 10.2 Å². The Morgan fingerprint density at radius 2 is 2.20 bits per heavy atom. The van der Waals surface area contributed by atoms with E-state index in [1.807, 2.05) is 4.90 Å². The van der Waals surface area contributed by atoms with Crippen LogP contribution in [0.25, 0.3) is 0 Å². The SMILES string of the molecule is O=C(c1ccc(F)cc1Br)N(CC1CCCN1)C1CC1. The number of hydrogen-bond acceptors (Lipinski definition) is 2. The van der Waals surface area contributed by atoms with Crippen LogP contribution in [0, 0.1) is 5.82 Å². The lowest BCUT2D eigenvalue weighted by Crippen LogP contribution is -2.42. The highest BCUT2D eigenvalue weighted by molar-refractivity contribution is 9.10. The van der Waals surface area contributed by atoms with Gasteiger partial charge in [-0.05, 0) is 66.4 Å². The largest absolute Gasteiger partial charge is 0.334 e. The Labute approximate surface area is 126 Å². The first-order valence-corrected chi connectivity index (χ1v) is 7.94. The maximum absolute atomic E-state index is 13.1. The standard InChI is InChI=1S/C15H18BrFN2O/c16-14-8-10(17)3-6-13(14)15(20)19(12-4-5-12)9-11-2-1-7-18-11/h3,6,8,11-12,18H,1-2,4-5,7,9H2. The Morgan fingerprint density at radius 1 is 1.40 bits per heavy atom. The molecule has 1 heterocycles. The molecule has 2 aliphatic rings. The number of carbonyl (C=O) groups is 1. The van der Waals surface area contributed by atoms with E-state index in [0.29, 0.717) is 22.1 Å². The number of hydrogen-bond donors (Lipinski definition) is 1. The van der Waals surface area contributed by atoms with Crippen LogP contribution in [-0.4, -0.2) is 36.0 Å². The minimum Gasteiger partial charge on any atom is -0.334 e. The second-order valence-corrected chi connectivity index (χ2v) is 6.46. The third-order valence-electron chi connectivity index (χ3n) is 3.99. The van der Waals surface area contributed by atoms with Crippen molar-refractivity contribution in [3.05, 3.63) is 34.1 Å². The summed E-state index contributed by atoms with van der Waals surface area (Å²) in [6.07, 6.45) is 4.47. The molecular weight excluding hydrogens is 323 g/mol. The Bertz CT molecular complexity index is 513. The van der Waals surface area contributed by atoms with E-state index in [1.165, 1.54) is 18.6 Å². The molecule has 1 atom stereocenters. The number of nitrogens with zero attached hydrogens (tertiary/aromatic N) is 1. The molecule has 5 heteroatoms. The van der Waals surface area contributed by atoms with E-state index >= 15 is 0 Å². The lowest BCUT2D eigenvalue weighted by Gasteiger charge is -2.26. The molecule has 0 aromatic heterocycles. The summed E-state index contributed by atoms with van der Waals surface area (Å²) in [6, 6.07) is 5.03. The predicted octanol–water partition coefficient (Wildman–Crippen LogP) is 2.94. The summed E-state index contributed by atoms with van der Waals surface area (Å²) in [5.74, 6) is -0.322. The molecule has 1 N–H and O–H groups in total. The molecule has 1 aromatic rings. The monoisotopic (exact) mass is 340 g/mol. The number of benzene rings is 1. The van der Waals surface area contributed by atoms with E-state index in [2.05, 4.69) is 21.2 Å². The molecular formula is C15H18BrFN2O. The summed E-state index contributed by atoms with van der Waals surface area (Å²) >= 11 is 3.30. The van der Waals surface area contributed by atoms with Crippen molar-refractivity contribution in [3.63, 3.8) is 0 Å². The second-order valence-electron chi connectivity index (χ2n) is 5.61. The van der Waals surface area contributed by atoms with E-state index < -0.39 is 0 Å². The first-order valence-electron chi connectivity index (χ1n) is 7.14. The van der Waals surface area contributed by atoms with Gasteiger partial charge in [-0.15, -0.1) is 0 Å². The van der Waals surface area contributed by atoms with Crippen LogP contribution in [0.1, 0.15) is 36.0 Å². The Kier molecular flexibility index (Phi) is 4.08. The fourth-order valence-electron chi connectivity index (χ4n) is 2.75. The Hall–Kier alpha value is -0.940. The number of halogens is 2. The van der Waals surface area contributed by atoms with Crippen molar-refractivity contribution < 1.29 is 9.18 Å². The van der Waals surface area contributed by atoms with Crippen molar-refractivity contribution >= 4 is 21.8 Å². The van der Waals surface area contributed by atoms with Crippen molar-refractivity contribution in [2.24, 2.45) is 0 Å². The van der Waals surface area contributed by atoms with Gasteiger partial charge in [-0.25, -0.2) is 4.39 Å². The van der Waals surface area contributed by atoms with Gasteiger partial charge in [-0.1, -0.05) is 0 Å². The molecule has 20 heavy (non-hydrogen) atoms. The van der Waals surface area contributed by atoms with Gasteiger partial charge in [0.25, 0.3) is 5.91 Å². The molecule has 1 aliphatic carbocycles. The molecule has 108 valence electrons. The minimum absolute atomic E-state index is 0.00748. The van der Waals surface area contributed by atoms with Crippen LogP contribution < -0.4 is 5.32 Å². The quantitative estimate of drug-likeness (QED) is 0.913. The average Bonchev–Trinajstić information content (AvgIpc) is 3.12. The molecule has 3 rings (SSSR count). The normalized spacial score (nSPS) is 22.0. The highest BCUT2D eigenvalue weighted by atomic mass is 79.9. The summed E-state index contributed by atoms with van der Waals surface area (Å²) < 4.78 is 13.7. The molecule has 1 aliphatic heterocycles. The summed E-state index contributed by atoms with van der Waals surface area (Å²) in [7, 11) is 0. The van der Waals surface area contributed by atoms with Gasteiger partial charge in [0.1, 0.15) is 5.82 Å². The molecule has 0 radical (unpaired) electrons.